The molecule has 7 nitrogen and oxygen atoms in total. The van der Waals surface area contributed by atoms with E-state index in [1.165, 1.54) is 0 Å². The molecule has 0 radical (unpaired) electrons. The fraction of sp³-hybridized carbons (Fsp3) is 0.368. The quantitative estimate of drug-likeness (QED) is 0.337. The summed E-state index contributed by atoms with van der Waals surface area (Å²) in [6, 6.07) is 9.50. The molecule has 0 spiro atoms. The predicted molar refractivity (Wildman–Crippen MR) is 119 cm³/mol. The maximum atomic E-state index is 5.55. The van der Waals surface area contributed by atoms with Gasteiger partial charge in [0.05, 0.1) is 20.3 Å². The van der Waals surface area contributed by atoms with Gasteiger partial charge in [0.2, 0.25) is 5.88 Å². The lowest BCUT2D eigenvalue weighted by Gasteiger charge is -2.15. The van der Waals surface area contributed by atoms with Crippen LogP contribution in [0.2, 0.25) is 0 Å². The maximum Gasteiger partial charge on any atom is 0.218 e. The van der Waals surface area contributed by atoms with Gasteiger partial charge in [0.1, 0.15) is 0 Å². The number of nitrogens with one attached hydrogen (secondary N) is 2. The van der Waals surface area contributed by atoms with E-state index in [1.807, 2.05) is 44.2 Å². The van der Waals surface area contributed by atoms with Gasteiger partial charge in [0.25, 0.3) is 0 Å². The Hall–Kier alpha value is -2.23. The van der Waals surface area contributed by atoms with Crippen molar-refractivity contribution in [2.75, 3.05) is 32.7 Å². The van der Waals surface area contributed by atoms with Gasteiger partial charge in [-0.3, -0.25) is 4.99 Å². The molecule has 1 heterocycles. The summed E-state index contributed by atoms with van der Waals surface area (Å²) in [4.78, 5) is 8.50. The number of ether oxygens (including phenoxy) is 3. The van der Waals surface area contributed by atoms with Crippen molar-refractivity contribution in [3.8, 4) is 17.4 Å². The van der Waals surface area contributed by atoms with Gasteiger partial charge in [-0.05, 0) is 32.0 Å². The lowest BCUT2D eigenvalue weighted by Crippen LogP contribution is -2.30. The van der Waals surface area contributed by atoms with Gasteiger partial charge in [0, 0.05) is 37.1 Å². The van der Waals surface area contributed by atoms with Crippen LogP contribution in [0.25, 0.3) is 0 Å². The second kappa shape index (κ2) is 12.2. The second-order valence-corrected chi connectivity index (χ2v) is 5.25. The molecule has 0 aliphatic rings. The zero-order valence-electron chi connectivity index (χ0n) is 16.1. The van der Waals surface area contributed by atoms with Gasteiger partial charge in [-0.25, -0.2) is 4.98 Å². The van der Waals surface area contributed by atoms with Crippen LogP contribution in [0.4, 0.5) is 5.69 Å². The Labute approximate surface area is 177 Å². The number of halogens is 1. The van der Waals surface area contributed by atoms with Crippen LogP contribution >= 0.6 is 24.0 Å². The van der Waals surface area contributed by atoms with E-state index in [1.54, 1.807) is 20.4 Å². The molecule has 2 aromatic rings. The first-order valence-corrected chi connectivity index (χ1v) is 8.57. The van der Waals surface area contributed by atoms with Gasteiger partial charge >= 0.3 is 0 Å². The zero-order valence-corrected chi connectivity index (χ0v) is 18.4. The van der Waals surface area contributed by atoms with Crippen LogP contribution in [-0.4, -0.2) is 38.3 Å². The van der Waals surface area contributed by atoms with Gasteiger partial charge in [-0.2, -0.15) is 0 Å². The van der Waals surface area contributed by atoms with E-state index in [2.05, 4.69) is 20.6 Å². The van der Waals surface area contributed by atoms with Crippen molar-refractivity contribution in [2.45, 2.75) is 20.4 Å². The number of anilines is 1. The highest BCUT2D eigenvalue weighted by Gasteiger charge is 2.08. The van der Waals surface area contributed by atoms with E-state index in [0.717, 1.165) is 11.3 Å². The molecule has 27 heavy (non-hydrogen) atoms. The molecule has 0 aliphatic carbocycles. The Morgan fingerprint density at radius 3 is 2.56 bits per heavy atom. The van der Waals surface area contributed by atoms with Crippen LogP contribution in [0.15, 0.2) is 41.5 Å². The SMILES string of the molecule is CCOc1ccc(NC(=NC)NCc2cccnc2OCC)cc1OC.I. The maximum absolute atomic E-state index is 5.55. The molecule has 0 atom stereocenters. The Morgan fingerprint density at radius 2 is 1.89 bits per heavy atom. The van der Waals surface area contributed by atoms with Gasteiger partial charge in [0.15, 0.2) is 17.5 Å². The van der Waals surface area contributed by atoms with Crippen molar-refractivity contribution in [2.24, 2.45) is 4.99 Å². The van der Waals surface area contributed by atoms with Crippen molar-refractivity contribution in [1.82, 2.24) is 10.3 Å². The number of aliphatic imine (C=N–C) groups is 1. The minimum Gasteiger partial charge on any atom is -0.493 e. The number of methoxy groups -OCH3 is 1. The van der Waals surface area contributed by atoms with Crippen LogP contribution in [0.3, 0.4) is 0 Å². The highest BCUT2D eigenvalue weighted by Crippen LogP contribution is 2.30. The standard InChI is InChI=1S/C19H26N4O3.HI/c1-5-25-16-10-9-15(12-17(16)24-4)23-19(20-3)22-13-14-8-7-11-21-18(14)26-6-2;/h7-12H,5-6,13H2,1-4H3,(H2,20,22,23);1H. The summed E-state index contributed by atoms with van der Waals surface area (Å²) in [5.41, 5.74) is 1.80. The number of hydrogen-bond acceptors (Lipinski definition) is 5. The second-order valence-electron chi connectivity index (χ2n) is 5.25. The summed E-state index contributed by atoms with van der Waals surface area (Å²) in [5.74, 6) is 2.63. The van der Waals surface area contributed by atoms with Crippen LogP contribution in [-0.2, 0) is 6.54 Å². The molecule has 1 aromatic heterocycles. The Kier molecular flexibility index (Phi) is 10.3. The number of pyridine rings is 1. The smallest absolute Gasteiger partial charge is 0.218 e. The molecule has 0 aliphatic heterocycles. The summed E-state index contributed by atoms with van der Waals surface area (Å²) in [6.07, 6.45) is 1.72. The average Bonchev–Trinajstić information content (AvgIpc) is 2.67. The largest absolute Gasteiger partial charge is 0.493 e. The fourth-order valence-electron chi connectivity index (χ4n) is 2.34. The number of guanidine groups is 1. The van der Waals surface area contributed by atoms with Gasteiger partial charge < -0.3 is 24.8 Å². The van der Waals surface area contributed by atoms with E-state index in [-0.39, 0.29) is 24.0 Å². The summed E-state index contributed by atoms with van der Waals surface area (Å²) < 4.78 is 16.5. The van der Waals surface area contributed by atoms with E-state index < -0.39 is 0 Å². The van der Waals surface area contributed by atoms with Crippen molar-refractivity contribution >= 4 is 35.6 Å². The Bertz CT molecular complexity index is 741. The molecule has 8 heteroatoms. The Morgan fingerprint density at radius 1 is 1.11 bits per heavy atom. The molecule has 148 valence electrons. The molecule has 0 bridgehead atoms. The molecular weight excluding hydrogens is 459 g/mol. The van der Waals surface area contributed by atoms with Crippen molar-refractivity contribution in [3.05, 3.63) is 42.1 Å². The molecule has 0 saturated heterocycles. The monoisotopic (exact) mass is 486 g/mol. The van der Waals surface area contributed by atoms with E-state index >= 15 is 0 Å². The highest BCUT2D eigenvalue weighted by atomic mass is 127. The molecular formula is C19H27IN4O3. The lowest BCUT2D eigenvalue weighted by atomic mass is 10.2. The van der Waals surface area contributed by atoms with Crippen LogP contribution in [0.1, 0.15) is 19.4 Å². The van der Waals surface area contributed by atoms with Crippen molar-refractivity contribution < 1.29 is 14.2 Å². The third kappa shape index (κ3) is 6.78. The Balaban J connectivity index is 0.00000364. The molecule has 2 N–H and O–H groups in total. The van der Waals surface area contributed by atoms with Gasteiger partial charge in [-0.15, -0.1) is 24.0 Å². The third-order valence-corrected chi connectivity index (χ3v) is 3.53. The number of aromatic nitrogens is 1. The summed E-state index contributed by atoms with van der Waals surface area (Å²) in [6.45, 7) is 5.57. The van der Waals surface area contributed by atoms with Crippen LogP contribution in [0, 0.1) is 0 Å². The first-order valence-electron chi connectivity index (χ1n) is 8.57. The molecule has 0 saturated carbocycles. The third-order valence-electron chi connectivity index (χ3n) is 3.53. The minimum absolute atomic E-state index is 0. The highest BCUT2D eigenvalue weighted by molar-refractivity contribution is 14.0. The summed E-state index contributed by atoms with van der Waals surface area (Å²) in [7, 11) is 3.33. The first-order chi connectivity index (χ1) is 12.7. The normalized spacial score (nSPS) is 10.6. The first kappa shape index (κ1) is 22.8. The zero-order chi connectivity index (χ0) is 18.8. The molecule has 0 fully saturated rings. The summed E-state index contributed by atoms with van der Waals surface area (Å²) >= 11 is 0. The summed E-state index contributed by atoms with van der Waals surface area (Å²) in [5, 5.41) is 6.49. The molecule has 0 amide bonds. The fourth-order valence-corrected chi connectivity index (χ4v) is 2.34. The lowest BCUT2D eigenvalue weighted by molar-refractivity contribution is 0.311. The molecule has 1 aromatic carbocycles. The van der Waals surface area contributed by atoms with Crippen molar-refractivity contribution in [1.29, 1.82) is 0 Å². The average molecular weight is 486 g/mol. The van der Waals surface area contributed by atoms with E-state index in [9.17, 15) is 0 Å². The van der Waals surface area contributed by atoms with E-state index in [4.69, 9.17) is 14.2 Å². The minimum atomic E-state index is 0. The van der Waals surface area contributed by atoms with Crippen molar-refractivity contribution in [3.63, 3.8) is 0 Å². The molecule has 0 unspecified atom stereocenters. The van der Waals surface area contributed by atoms with Crippen LogP contribution in [0.5, 0.6) is 17.4 Å². The van der Waals surface area contributed by atoms with Gasteiger partial charge in [-0.1, -0.05) is 6.07 Å². The number of nitrogens with zero attached hydrogens (tertiary/aromatic N) is 2. The molecule has 2 rings (SSSR count). The van der Waals surface area contributed by atoms with Crippen LogP contribution < -0.4 is 24.8 Å². The number of rotatable bonds is 8. The number of benzene rings is 1. The van der Waals surface area contributed by atoms with E-state index in [0.29, 0.717) is 43.1 Å². The topological polar surface area (TPSA) is 77.0 Å². The predicted octanol–water partition coefficient (Wildman–Crippen LogP) is 3.69. The number of hydrogen-bond donors (Lipinski definition) is 2.